The van der Waals surface area contributed by atoms with Crippen LogP contribution in [-0.2, 0) is 4.79 Å². The molecule has 3 rings (SSSR count). The van der Waals surface area contributed by atoms with E-state index in [0.29, 0.717) is 21.6 Å². The number of anilines is 1. The van der Waals surface area contributed by atoms with Crippen LogP contribution in [-0.4, -0.2) is 21.4 Å². The smallest absolute Gasteiger partial charge is 0.235 e. The fourth-order valence-electron chi connectivity index (χ4n) is 2.01. The van der Waals surface area contributed by atoms with Crippen molar-refractivity contribution in [3.63, 3.8) is 0 Å². The largest absolute Gasteiger partial charge is 0.308 e. The molecule has 0 radical (unpaired) electrons. The molecule has 1 heterocycles. The SMILES string of the molecule is O=C(CSc1ccccc1)Nc1ccn(-c2ccc(Cl)c(Cl)c2)n1. The number of hydrogen-bond acceptors (Lipinski definition) is 3. The Morgan fingerprint density at radius 1 is 1.08 bits per heavy atom. The van der Waals surface area contributed by atoms with Crippen molar-refractivity contribution >= 4 is 46.7 Å². The van der Waals surface area contributed by atoms with Gasteiger partial charge in [-0.25, -0.2) is 4.68 Å². The van der Waals surface area contributed by atoms with Crippen LogP contribution in [0.1, 0.15) is 0 Å². The number of carbonyl (C=O) groups excluding carboxylic acids is 1. The molecule has 3 aromatic rings. The van der Waals surface area contributed by atoms with E-state index in [1.165, 1.54) is 11.8 Å². The lowest BCUT2D eigenvalue weighted by Gasteiger charge is -2.04. The Bertz CT molecular complexity index is 852. The molecule has 0 aliphatic rings. The predicted molar refractivity (Wildman–Crippen MR) is 99.4 cm³/mol. The van der Waals surface area contributed by atoms with Crippen LogP contribution in [0.25, 0.3) is 5.69 Å². The fourth-order valence-corrected chi connectivity index (χ4v) is 3.02. The van der Waals surface area contributed by atoms with Gasteiger partial charge in [0.15, 0.2) is 5.82 Å². The van der Waals surface area contributed by atoms with E-state index < -0.39 is 0 Å². The molecule has 24 heavy (non-hydrogen) atoms. The molecule has 1 aromatic heterocycles. The van der Waals surface area contributed by atoms with Crippen molar-refractivity contribution in [1.29, 1.82) is 0 Å². The Balaban J connectivity index is 1.61. The summed E-state index contributed by atoms with van der Waals surface area (Å²) in [6.07, 6.45) is 1.75. The van der Waals surface area contributed by atoms with Gasteiger partial charge in [-0.1, -0.05) is 41.4 Å². The number of thioether (sulfide) groups is 1. The van der Waals surface area contributed by atoms with Crippen LogP contribution in [0.15, 0.2) is 65.7 Å². The van der Waals surface area contributed by atoms with Gasteiger partial charge in [-0.3, -0.25) is 4.79 Å². The molecule has 4 nitrogen and oxygen atoms in total. The molecular formula is C17H13Cl2N3OS. The van der Waals surface area contributed by atoms with Gasteiger partial charge in [0.2, 0.25) is 5.91 Å². The number of hydrogen-bond donors (Lipinski definition) is 1. The first-order valence-electron chi connectivity index (χ1n) is 7.10. The fraction of sp³-hybridized carbons (Fsp3) is 0.0588. The number of amides is 1. The van der Waals surface area contributed by atoms with Crippen LogP contribution < -0.4 is 5.32 Å². The zero-order valence-electron chi connectivity index (χ0n) is 12.4. The van der Waals surface area contributed by atoms with Crippen LogP contribution in [0.5, 0.6) is 0 Å². The van der Waals surface area contributed by atoms with E-state index in [1.54, 1.807) is 35.1 Å². The lowest BCUT2D eigenvalue weighted by molar-refractivity contribution is -0.113. The molecule has 1 amide bonds. The highest BCUT2D eigenvalue weighted by Gasteiger charge is 2.08. The van der Waals surface area contributed by atoms with E-state index in [-0.39, 0.29) is 5.91 Å². The molecule has 7 heteroatoms. The van der Waals surface area contributed by atoms with Crippen molar-refractivity contribution in [1.82, 2.24) is 9.78 Å². The first-order chi connectivity index (χ1) is 11.6. The van der Waals surface area contributed by atoms with Gasteiger partial charge >= 0.3 is 0 Å². The summed E-state index contributed by atoms with van der Waals surface area (Å²) in [6.45, 7) is 0. The van der Waals surface area contributed by atoms with Crippen LogP contribution in [0.4, 0.5) is 5.82 Å². The molecule has 2 aromatic carbocycles. The summed E-state index contributed by atoms with van der Waals surface area (Å²) in [5.41, 5.74) is 0.767. The summed E-state index contributed by atoms with van der Waals surface area (Å²) in [5.74, 6) is 0.701. The van der Waals surface area contributed by atoms with E-state index in [4.69, 9.17) is 23.2 Å². The van der Waals surface area contributed by atoms with Gasteiger partial charge in [0.25, 0.3) is 0 Å². The summed E-state index contributed by atoms with van der Waals surface area (Å²) >= 11 is 13.4. The molecule has 1 N–H and O–H groups in total. The highest BCUT2D eigenvalue weighted by Crippen LogP contribution is 2.24. The Kier molecular flexibility index (Phi) is 5.45. The molecule has 0 saturated carbocycles. The number of benzene rings is 2. The van der Waals surface area contributed by atoms with E-state index in [9.17, 15) is 4.79 Å². The normalized spacial score (nSPS) is 10.6. The summed E-state index contributed by atoms with van der Waals surface area (Å²) in [6, 6.07) is 16.7. The first kappa shape index (κ1) is 16.9. The highest BCUT2D eigenvalue weighted by molar-refractivity contribution is 8.00. The third-order valence-corrected chi connectivity index (χ3v) is 4.89. The quantitative estimate of drug-likeness (QED) is 0.642. The number of aromatic nitrogens is 2. The minimum Gasteiger partial charge on any atom is -0.308 e. The standard InChI is InChI=1S/C17H13Cl2N3OS/c18-14-7-6-12(10-15(14)19)22-9-8-16(21-22)20-17(23)11-24-13-4-2-1-3-5-13/h1-10H,11H2,(H,20,21,23). The van der Waals surface area contributed by atoms with Crippen molar-refractivity contribution in [3.05, 3.63) is 70.8 Å². The third-order valence-electron chi connectivity index (χ3n) is 3.14. The monoisotopic (exact) mass is 377 g/mol. The zero-order chi connectivity index (χ0) is 16.9. The number of nitrogens with one attached hydrogen (secondary N) is 1. The molecule has 0 aliphatic carbocycles. The van der Waals surface area contributed by atoms with Gasteiger partial charge in [0.05, 0.1) is 21.5 Å². The zero-order valence-corrected chi connectivity index (χ0v) is 14.8. The van der Waals surface area contributed by atoms with Gasteiger partial charge in [0.1, 0.15) is 0 Å². The summed E-state index contributed by atoms with van der Waals surface area (Å²) in [4.78, 5) is 13.1. The second-order valence-electron chi connectivity index (χ2n) is 4.89. The van der Waals surface area contributed by atoms with Crippen molar-refractivity contribution < 1.29 is 4.79 Å². The second kappa shape index (κ2) is 7.75. The number of halogens is 2. The summed E-state index contributed by atoms with van der Waals surface area (Å²) in [5, 5.41) is 8.04. The van der Waals surface area contributed by atoms with Gasteiger partial charge in [-0.05, 0) is 30.3 Å². The number of carbonyl (C=O) groups is 1. The molecule has 0 spiro atoms. The van der Waals surface area contributed by atoms with Crippen molar-refractivity contribution in [2.24, 2.45) is 0 Å². The Morgan fingerprint density at radius 2 is 1.88 bits per heavy atom. The Labute approximate surface area is 153 Å². The molecule has 122 valence electrons. The van der Waals surface area contributed by atoms with Crippen molar-refractivity contribution in [2.45, 2.75) is 4.90 Å². The van der Waals surface area contributed by atoms with Gasteiger partial charge < -0.3 is 5.32 Å². The van der Waals surface area contributed by atoms with Crippen molar-refractivity contribution in [3.8, 4) is 5.69 Å². The van der Waals surface area contributed by atoms with Gasteiger partial charge in [-0.15, -0.1) is 11.8 Å². The maximum Gasteiger partial charge on any atom is 0.235 e. The second-order valence-corrected chi connectivity index (χ2v) is 6.76. The van der Waals surface area contributed by atoms with Crippen LogP contribution in [0, 0.1) is 0 Å². The first-order valence-corrected chi connectivity index (χ1v) is 8.85. The van der Waals surface area contributed by atoms with Crippen LogP contribution >= 0.6 is 35.0 Å². The average Bonchev–Trinajstić information content (AvgIpc) is 3.05. The van der Waals surface area contributed by atoms with E-state index >= 15 is 0 Å². The minimum absolute atomic E-state index is 0.108. The number of rotatable bonds is 5. The van der Waals surface area contributed by atoms with Crippen molar-refractivity contribution in [2.75, 3.05) is 11.1 Å². The third kappa shape index (κ3) is 4.32. The summed E-state index contributed by atoms with van der Waals surface area (Å²) in [7, 11) is 0. The maximum atomic E-state index is 12.0. The molecule has 0 bridgehead atoms. The molecule has 0 fully saturated rings. The van der Waals surface area contributed by atoms with E-state index in [0.717, 1.165) is 10.6 Å². The molecular weight excluding hydrogens is 365 g/mol. The minimum atomic E-state index is -0.108. The van der Waals surface area contributed by atoms with Crippen LogP contribution in [0.2, 0.25) is 10.0 Å². The van der Waals surface area contributed by atoms with Gasteiger partial charge in [0, 0.05) is 17.2 Å². The molecule has 0 aliphatic heterocycles. The summed E-state index contributed by atoms with van der Waals surface area (Å²) < 4.78 is 1.63. The molecule has 0 saturated heterocycles. The lowest BCUT2D eigenvalue weighted by Crippen LogP contribution is -2.14. The van der Waals surface area contributed by atoms with E-state index in [1.807, 2.05) is 30.3 Å². The Hall–Kier alpha value is -1.95. The Morgan fingerprint density at radius 3 is 2.62 bits per heavy atom. The average molecular weight is 378 g/mol. The maximum absolute atomic E-state index is 12.0. The van der Waals surface area contributed by atoms with Crippen LogP contribution in [0.3, 0.4) is 0 Å². The van der Waals surface area contributed by atoms with E-state index in [2.05, 4.69) is 10.4 Å². The van der Waals surface area contributed by atoms with Gasteiger partial charge in [-0.2, -0.15) is 5.10 Å². The molecule has 0 atom stereocenters. The predicted octanol–water partition coefficient (Wildman–Crippen LogP) is 4.91. The molecule has 0 unspecified atom stereocenters. The lowest BCUT2D eigenvalue weighted by atomic mass is 10.3. The number of nitrogens with zero attached hydrogens (tertiary/aromatic N) is 2. The topological polar surface area (TPSA) is 46.9 Å². The highest BCUT2D eigenvalue weighted by atomic mass is 35.5.